The molecule has 0 aliphatic carbocycles. The second-order valence-electron chi connectivity index (χ2n) is 6.72. The van der Waals surface area contributed by atoms with Gasteiger partial charge in [-0.05, 0) is 36.8 Å². The summed E-state index contributed by atoms with van der Waals surface area (Å²) < 4.78 is 16.1. The molecule has 3 heterocycles. The van der Waals surface area contributed by atoms with Crippen LogP contribution in [-0.2, 0) is 4.79 Å². The topological polar surface area (TPSA) is 77.7 Å². The molecule has 1 saturated heterocycles. The summed E-state index contributed by atoms with van der Waals surface area (Å²) in [6.07, 6.45) is 0.369. The molecule has 136 valence electrons. The Balaban J connectivity index is 1.39. The quantitative estimate of drug-likeness (QED) is 0.711. The number of benzene rings is 2. The number of carbonyl (C=O) groups is 1. The fourth-order valence-corrected chi connectivity index (χ4v) is 3.53. The predicted octanol–water partition coefficient (Wildman–Crippen LogP) is 3.29. The first-order valence-electron chi connectivity index (χ1n) is 8.78. The molecule has 2 aromatic carbocycles. The van der Waals surface area contributed by atoms with Crippen LogP contribution in [0, 0.1) is 6.92 Å². The Morgan fingerprint density at radius 1 is 1.11 bits per heavy atom. The van der Waals surface area contributed by atoms with E-state index in [4.69, 9.17) is 14.0 Å². The van der Waals surface area contributed by atoms with Crippen molar-refractivity contribution in [1.82, 2.24) is 10.1 Å². The van der Waals surface area contributed by atoms with Gasteiger partial charge in [0, 0.05) is 30.1 Å². The zero-order chi connectivity index (χ0) is 18.4. The second kappa shape index (κ2) is 6.12. The molecule has 0 radical (unpaired) electrons. The fraction of sp³-hybridized carbons (Fsp3) is 0.250. The van der Waals surface area contributed by atoms with Gasteiger partial charge >= 0.3 is 0 Å². The highest BCUT2D eigenvalue weighted by atomic mass is 16.7. The first-order valence-corrected chi connectivity index (χ1v) is 8.78. The summed E-state index contributed by atoms with van der Waals surface area (Å²) in [6.45, 7) is 2.76. The molecular formula is C20H17N3O4. The van der Waals surface area contributed by atoms with Crippen LogP contribution in [0.3, 0.4) is 0 Å². The van der Waals surface area contributed by atoms with Crippen molar-refractivity contribution in [3.63, 3.8) is 0 Å². The largest absolute Gasteiger partial charge is 0.454 e. The zero-order valence-electron chi connectivity index (χ0n) is 14.7. The Morgan fingerprint density at radius 2 is 1.96 bits per heavy atom. The average Bonchev–Trinajstić information content (AvgIpc) is 3.40. The first kappa shape index (κ1) is 15.9. The van der Waals surface area contributed by atoms with Crippen molar-refractivity contribution in [2.75, 3.05) is 18.2 Å². The van der Waals surface area contributed by atoms with E-state index in [0.29, 0.717) is 36.2 Å². The lowest BCUT2D eigenvalue weighted by molar-refractivity contribution is -0.117. The number of aromatic nitrogens is 2. The molecule has 2 aliphatic heterocycles. The normalized spacial score (nSPS) is 18.3. The van der Waals surface area contributed by atoms with Gasteiger partial charge in [0.15, 0.2) is 17.3 Å². The van der Waals surface area contributed by atoms with Gasteiger partial charge in [0.25, 0.3) is 5.89 Å². The molecule has 7 heteroatoms. The van der Waals surface area contributed by atoms with Crippen molar-refractivity contribution in [2.45, 2.75) is 19.3 Å². The van der Waals surface area contributed by atoms with Crippen LogP contribution in [0.1, 0.15) is 23.7 Å². The lowest BCUT2D eigenvalue weighted by Gasteiger charge is -2.18. The number of amides is 1. The summed E-state index contributed by atoms with van der Waals surface area (Å²) in [4.78, 5) is 18.8. The van der Waals surface area contributed by atoms with Crippen molar-refractivity contribution in [2.24, 2.45) is 0 Å². The first-order chi connectivity index (χ1) is 13.2. The average molecular weight is 363 g/mol. The van der Waals surface area contributed by atoms with Gasteiger partial charge in [-0.3, -0.25) is 4.79 Å². The monoisotopic (exact) mass is 363 g/mol. The number of nitrogens with zero attached hydrogens (tertiary/aromatic N) is 3. The molecule has 7 nitrogen and oxygen atoms in total. The van der Waals surface area contributed by atoms with Crippen molar-refractivity contribution in [3.8, 4) is 23.0 Å². The summed E-state index contributed by atoms with van der Waals surface area (Å²) in [6, 6.07) is 13.4. The van der Waals surface area contributed by atoms with Crippen LogP contribution in [0.5, 0.6) is 11.5 Å². The number of para-hydroxylation sites is 1. The molecular weight excluding hydrogens is 346 g/mol. The van der Waals surface area contributed by atoms with E-state index < -0.39 is 0 Å². The van der Waals surface area contributed by atoms with E-state index in [2.05, 4.69) is 10.1 Å². The van der Waals surface area contributed by atoms with E-state index in [1.54, 1.807) is 4.90 Å². The number of fused-ring (bicyclic) bond motifs is 1. The Bertz CT molecular complexity index is 1030. The summed E-state index contributed by atoms with van der Waals surface area (Å²) in [5.41, 5.74) is 2.77. The molecule has 0 spiro atoms. The van der Waals surface area contributed by atoms with Gasteiger partial charge in [-0.25, -0.2) is 0 Å². The van der Waals surface area contributed by atoms with Crippen LogP contribution in [0.15, 0.2) is 47.0 Å². The fourth-order valence-electron chi connectivity index (χ4n) is 3.53. The van der Waals surface area contributed by atoms with Crippen molar-refractivity contribution in [3.05, 3.63) is 53.9 Å². The van der Waals surface area contributed by atoms with E-state index >= 15 is 0 Å². The van der Waals surface area contributed by atoms with Gasteiger partial charge in [-0.1, -0.05) is 23.4 Å². The third-order valence-corrected chi connectivity index (χ3v) is 4.96. The molecule has 5 rings (SSSR count). The number of hydrogen-bond donors (Lipinski definition) is 0. The van der Waals surface area contributed by atoms with Crippen LogP contribution in [0.4, 0.5) is 5.69 Å². The van der Waals surface area contributed by atoms with Crippen LogP contribution in [0.2, 0.25) is 0 Å². The van der Waals surface area contributed by atoms with Crippen LogP contribution < -0.4 is 14.4 Å². The number of anilines is 1. The van der Waals surface area contributed by atoms with E-state index in [-0.39, 0.29) is 18.6 Å². The predicted molar refractivity (Wildman–Crippen MR) is 96.7 cm³/mol. The SMILES string of the molecule is Cc1ccccc1N1CC(c2noc(-c3ccc4c(c3)OCO4)n2)CC1=O. The standard InChI is InChI=1S/C20H17N3O4/c1-12-4-2-3-5-15(12)23-10-14(9-18(23)24)19-21-20(27-22-19)13-6-7-16-17(8-13)26-11-25-16/h2-8,14H,9-11H2,1H3. The summed E-state index contributed by atoms with van der Waals surface area (Å²) in [5, 5.41) is 4.12. The van der Waals surface area contributed by atoms with Crippen LogP contribution in [0.25, 0.3) is 11.5 Å². The van der Waals surface area contributed by atoms with Crippen molar-refractivity contribution < 1.29 is 18.8 Å². The number of hydrogen-bond acceptors (Lipinski definition) is 6. The van der Waals surface area contributed by atoms with Gasteiger partial charge in [0.1, 0.15) is 0 Å². The highest BCUT2D eigenvalue weighted by Crippen LogP contribution is 2.37. The Hall–Kier alpha value is -3.35. The maximum absolute atomic E-state index is 12.5. The maximum atomic E-state index is 12.5. The van der Waals surface area contributed by atoms with Crippen molar-refractivity contribution >= 4 is 11.6 Å². The van der Waals surface area contributed by atoms with E-state index in [1.165, 1.54) is 0 Å². The number of rotatable bonds is 3. The third kappa shape index (κ3) is 2.71. The maximum Gasteiger partial charge on any atom is 0.258 e. The smallest absolute Gasteiger partial charge is 0.258 e. The van der Waals surface area contributed by atoms with Crippen molar-refractivity contribution in [1.29, 1.82) is 0 Å². The summed E-state index contributed by atoms with van der Waals surface area (Å²) in [7, 11) is 0. The minimum Gasteiger partial charge on any atom is -0.454 e. The molecule has 1 fully saturated rings. The minimum absolute atomic E-state index is 0.0729. The minimum atomic E-state index is -0.0939. The Labute approximate surface area is 155 Å². The summed E-state index contributed by atoms with van der Waals surface area (Å²) in [5.74, 6) is 2.30. The van der Waals surface area contributed by atoms with Gasteiger partial charge < -0.3 is 18.9 Å². The molecule has 1 aromatic heterocycles. The number of ether oxygens (including phenoxy) is 2. The second-order valence-corrected chi connectivity index (χ2v) is 6.72. The lowest BCUT2D eigenvalue weighted by Crippen LogP contribution is -2.25. The molecule has 0 N–H and O–H groups in total. The molecule has 27 heavy (non-hydrogen) atoms. The van der Waals surface area contributed by atoms with Gasteiger partial charge in [-0.15, -0.1) is 0 Å². The molecule has 2 aliphatic rings. The Kier molecular flexibility index (Phi) is 3.60. The zero-order valence-corrected chi connectivity index (χ0v) is 14.7. The third-order valence-electron chi connectivity index (χ3n) is 4.96. The molecule has 0 bridgehead atoms. The van der Waals surface area contributed by atoms with E-state index in [1.807, 2.05) is 49.4 Å². The molecule has 1 atom stereocenters. The van der Waals surface area contributed by atoms with E-state index in [0.717, 1.165) is 16.8 Å². The molecule has 1 amide bonds. The van der Waals surface area contributed by atoms with Gasteiger partial charge in [0.2, 0.25) is 12.7 Å². The molecule has 3 aromatic rings. The van der Waals surface area contributed by atoms with Crippen LogP contribution in [-0.4, -0.2) is 29.4 Å². The lowest BCUT2D eigenvalue weighted by atomic mass is 10.1. The highest BCUT2D eigenvalue weighted by Gasteiger charge is 2.35. The Morgan fingerprint density at radius 3 is 2.85 bits per heavy atom. The number of aryl methyl sites for hydroxylation is 1. The number of carbonyl (C=O) groups excluding carboxylic acids is 1. The molecule has 1 unspecified atom stereocenters. The highest BCUT2D eigenvalue weighted by molar-refractivity contribution is 5.97. The summed E-state index contributed by atoms with van der Waals surface area (Å²) >= 11 is 0. The van der Waals surface area contributed by atoms with Gasteiger partial charge in [-0.2, -0.15) is 4.98 Å². The van der Waals surface area contributed by atoms with Crippen LogP contribution >= 0.6 is 0 Å². The van der Waals surface area contributed by atoms with Gasteiger partial charge in [0.05, 0.1) is 0 Å². The van der Waals surface area contributed by atoms with E-state index in [9.17, 15) is 4.79 Å². The molecule has 0 saturated carbocycles.